The second-order valence-electron chi connectivity index (χ2n) is 7.09. The van der Waals surface area contributed by atoms with E-state index in [0.29, 0.717) is 5.75 Å². The topological polar surface area (TPSA) is 119 Å². The molecule has 1 N–H and O–H groups in total. The third-order valence-electron chi connectivity index (χ3n) is 5.08. The van der Waals surface area contributed by atoms with E-state index < -0.39 is 35.7 Å². The molecule has 1 atom stereocenters. The molecule has 2 aromatic rings. The molecule has 0 bridgehead atoms. The number of hydrogen-bond donors (Lipinski definition) is 1. The summed E-state index contributed by atoms with van der Waals surface area (Å²) >= 11 is 1.47. The number of fused-ring (bicyclic) bond motifs is 1. The first-order valence-electron chi connectivity index (χ1n) is 9.90. The average Bonchev–Trinajstić information content (AvgIpc) is 3.08. The Labute approximate surface area is 194 Å². The van der Waals surface area contributed by atoms with Crippen LogP contribution in [-0.4, -0.2) is 66.8 Å². The first-order chi connectivity index (χ1) is 15.8. The number of nitrogens with one attached hydrogen (secondary N) is 1. The van der Waals surface area contributed by atoms with Crippen molar-refractivity contribution in [1.29, 1.82) is 0 Å². The zero-order valence-corrected chi connectivity index (χ0v) is 19.1. The number of amides is 3. The number of benzene rings is 2. The van der Waals surface area contributed by atoms with Crippen LogP contribution in [-0.2, 0) is 14.3 Å². The molecule has 1 unspecified atom stereocenters. The van der Waals surface area contributed by atoms with Crippen molar-refractivity contribution in [2.75, 3.05) is 31.5 Å². The van der Waals surface area contributed by atoms with Crippen LogP contribution < -0.4 is 5.32 Å². The zero-order valence-electron chi connectivity index (χ0n) is 18.2. The summed E-state index contributed by atoms with van der Waals surface area (Å²) in [7, 11) is 2.37. The smallest absolute Gasteiger partial charge is 0.337 e. The largest absolute Gasteiger partial charge is 0.465 e. The van der Waals surface area contributed by atoms with Crippen LogP contribution in [0.4, 0.5) is 5.69 Å². The summed E-state index contributed by atoms with van der Waals surface area (Å²) in [6.07, 6.45) is 2.07. The SMILES string of the molecule is COC(=O)c1cc(NC(=O)C(CCSC)N2C(=O)c3ccccc3C2=O)cc(C(=O)OC)c1. The Kier molecular flexibility index (Phi) is 7.49. The molecule has 10 heteroatoms. The van der Waals surface area contributed by atoms with E-state index in [9.17, 15) is 24.0 Å². The van der Waals surface area contributed by atoms with Crippen LogP contribution in [0.5, 0.6) is 0 Å². The summed E-state index contributed by atoms with van der Waals surface area (Å²) in [6, 6.07) is 9.25. The summed E-state index contributed by atoms with van der Waals surface area (Å²) in [4.78, 5) is 64.1. The van der Waals surface area contributed by atoms with Crippen molar-refractivity contribution in [3.63, 3.8) is 0 Å². The van der Waals surface area contributed by atoms with Gasteiger partial charge in [0.25, 0.3) is 11.8 Å². The third-order valence-corrected chi connectivity index (χ3v) is 5.72. The first kappa shape index (κ1) is 24.0. The molecule has 0 fully saturated rings. The van der Waals surface area contributed by atoms with Gasteiger partial charge < -0.3 is 14.8 Å². The lowest BCUT2D eigenvalue weighted by Crippen LogP contribution is -2.47. The molecular formula is C23H22N2O7S. The van der Waals surface area contributed by atoms with Gasteiger partial charge in [0.15, 0.2) is 0 Å². The molecule has 172 valence electrons. The lowest BCUT2D eigenvalue weighted by atomic mass is 10.1. The van der Waals surface area contributed by atoms with E-state index >= 15 is 0 Å². The van der Waals surface area contributed by atoms with Crippen LogP contribution in [0, 0.1) is 0 Å². The highest BCUT2D eigenvalue weighted by atomic mass is 32.2. The van der Waals surface area contributed by atoms with Crippen molar-refractivity contribution < 1.29 is 33.4 Å². The van der Waals surface area contributed by atoms with E-state index in [2.05, 4.69) is 5.32 Å². The predicted molar refractivity (Wildman–Crippen MR) is 121 cm³/mol. The quantitative estimate of drug-likeness (QED) is 0.462. The lowest BCUT2D eigenvalue weighted by Gasteiger charge is -2.25. The number of carbonyl (C=O) groups excluding carboxylic acids is 5. The van der Waals surface area contributed by atoms with Gasteiger partial charge in [0, 0.05) is 5.69 Å². The van der Waals surface area contributed by atoms with Crippen LogP contribution in [0.2, 0.25) is 0 Å². The molecule has 0 saturated heterocycles. The Morgan fingerprint density at radius 3 is 1.91 bits per heavy atom. The number of rotatable bonds is 8. The molecule has 3 rings (SSSR count). The molecule has 1 aliphatic heterocycles. The highest BCUT2D eigenvalue weighted by Crippen LogP contribution is 2.27. The molecule has 0 aromatic heterocycles. The van der Waals surface area contributed by atoms with Crippen LogP contribution in [0.3, 0.4) is 0 Å². The molecule has 0 aliphatic carbocycles. The van der Waals surface area contributed by atoms with Crippen molar-refractivity contribution in [2.45, 2.75) is 12.5 Å². The number of nitrogens with zero attached hydrogens (tertiary/aromatic N) is 1. The maximum absolute atomic E-state index is 13.3. The zero-order chi connectivity index (χ0) is 24.1. The van der Waals surface area contributed by atoms with E-state index in [4.69, 9.17) is 9.47 Å². The summed E-state index contributed by atoms with van der Waals surface area (Å²) < 4.78 is 9.41. The van der Waals surface area contributed by atoms with Crippen molar-refractivity contribution in [3.8, 4) is 0 Å². The molecule has 1 aliphatic rings. The van der Waals surface area contributed by atoms with Gasteiger partial charge in [-0.05, 0) is 48.8 Å². The summed E-state index contributed by atoms with van der Waals surface area (Å²) in [5, 5.41) is 2.62. The summed E-state index contributed by atoms with van der Waals surface area (Å²) in [5.74, 6) is -2.63. The fourth-order valence-electron chi connectivity index (χ4n) is 3.49. The van der Waals surface area contributed by atoms with Crippen LogP contribution in [0.1, 0.15) is 47.9 Å². The number of carbonyl (C=O) groups is 5. The molecule has 2 aromatic carbocycles. The van der Waals surface area contributed by atoms with Gasteiger partial charge in [0.1, 0.15) is 6.04 Å². The monoisotopic (exact) mass is 470 g/mol. The second kappa shape index (κ2) is 10.3. The fourth-order valence-corrected chi connectivity index (χ4v) is 3.95. The highest BCUT2D eigenvalue weighted by Gasteiger charge is 2.42. The highest BCUT2D eigenvalue weighted by molar-refractivity contribution is 7.98. The number of imide groups is 1. The van der Waals surface area contributed by atoms with Gasteiger partial charge in [-0.25, -0.2) is 9.59 Å². The van der Waals surface area contributed by atoms with Gasteiger partial charge in [-0.15, -0.1) is 0 Å². The summed E-state index contributed by atoms with van der Waals surface area (Å²) in [5.41, 5.74) is 0.651. The standard InChI is InChI=1S/C23H22N2O7S/c1-31-22(29)13-10-14(23(30)32-2)12-15(11-13)24-19(26)18(8-9-33-3)25-20(27)16-6-4-5-7-17(16)21(25)28/h4-7,10-12,18H,8-9H2,1-3H3,(H,24,26). The minimum Gasteiger partial charge on any atom is -0.465 e. The van der Waals surface area contributed by atoms with E-state index in [1.807, 2.05) is 6.26 Å². The van der Waals surface area contributed by atoms with E-state index in [0.717, 1.165) is 4.90 Å². The van der Waals surface area contributed by atoms with Crippen molar-refractivity contribution in [1.82, 2.24) is 4.90 Å². The van der Waals surface area contributed by atoms with Crippen LogP contribution in [0.15, 0.2) is 42.5 Å². The van der Waals surface area contributed by atoms with E-state index in [-0.39, 0.29) is 34.4 Å². The predicted octanol–water partition coefficient (Wildman–Crippen LogP) is 2.62. The van der Waals surface area contributed by atoms with Crippen molar-refractivity contribution in [3.05, 3.63) is 64.7 Å². The molecule has 3 amide bonds. The molecular weight excluding hydrogens is 448 g/mol. The number of methoxy groups -OCH3 is 2. The number of thioether (sulfide) groups is 1. The molecule has 0 radical (unpaired) electrons. The van der Waals surface area contributed by atoms with E-state index in [1.165, 1.54) is 44.2 Å². The minimum absolute atomic E-state index is 0.0251. The first-order valence-corrected chi connectivity index (χ1v) is 11.3. The molecule has 0 saturated carbocycles. The lowest BCUT2D eigenvalue weighted by molar-refractivity contribution is -0.120. The maximum Gasteiger partial charge on any atom is 0.337 e. The van der Waals surface area contributed by atoms with Gasteiger partial charge in [-0.1, -0.05) is 12.1 Å². The van der Waals surface area contributed by atoms with Crippen LogP contribution >= 0.6 is 11.8 Å². The molecule has 0 spiro atoms. The summed E-state index contributed by atoms with van der Waals surface area (Å²) in [6.45, 7) is 0. The van der Waals surface area contributed by atoms with Gasteiger partial charge in [-0.2, -0.15) is 11.8 Å². The maximum atomic E-state index is 13.3. The van der Waals surface area contributed by atoms with E-state index in [1.54, 1.807) is 24.3 Å². The Balaban J connectivity index is 1.94. The Morgan fingerprint density at radius 1 is 0.939 bits per heavy atom. The van der Waals surface area contributed by atoms with Gasteiger partial charge >= 0.3 is 11.9 Å². The molecule has 1 heterocycles. The van der Waals surface area contributed by atoms with Gasteiger partial charge in [-0.3, -0.25) is 19.3 Å². The average molecular weight is 471 g/mol. The Morgan fingerprint density at radius 2 is 1.45 bits per heavy atom. The Bertz CT molecular complexity index is 1060. The number of esters is 2. The number of anilines is 1. The van der Waals surface area contributed by atoms with Gasteiger partial charge in [0.2, 0.25) is 5.91 Å². The van der Waals surface area contributed by atoms with Crippen LogP contribution in [0.25, 0.3) is 0 Å². The number of ether oxygens (including phenoxy) is 2. The Hall–Kier alpha value is -3.66. The molecule has 9 nitrogen and oxygen atoms in total. The fraction of sp³-hybridized carbons (Fsp3) is 0.261. The normalized spacial score (nSPS) is 13.4. The van der Waals surface area contributed by atoms with Gasteiger partial charge in [0.05, 0.1) is 36.5 Å². The van der Waals surface area contributed by atoms with Crippen molar-refractivity contribution >= 4 is 47.1 Å². The molecule has 33 heavy (non-hydrogen) atoms. The van der Waals surface area contributed by atoms with Crippen molar-refractivity contribution in [2.24, 2.45) is 0 Å². The number of hydrogen-bond acceptors (Lipinski definition) is 8. The second-order valence-corrected chi connectivity index (χ2v) is 8.08. The third kappa shape index (κ3) is 4.90. The minimum atomic E-state index is -1.09.